The van der Waals surface area contributed by atoms with Crippen LogP contribution < -0.4 is 15.5 Å². The number of amides is 2. The summed E-state index contributed by atoms with van der Waals surface area (Å²) in [4.78, 5) is 24.1. The second-order valence-corrected chi connectivity index (χ2v) is 20.7. The molecule has 8 nitrogen and oxygen atoms in total. The van der Waals surface area contributed by atoms with Crippen LogP contribution in [0.25, 0.3) is 0 Å². The SMILES string of the molecule is CC(/C=C/CC[C@H](OC(=O)Nc1ccc(F)cc1F)c1ccc(OCCO[Si](CCC(F)(F)C(F)(F)C(F)(F)C(F)(F)C(F)(F)C(F)(F)C(F)(F)C(F)(F)F)(C(C)C)C(C)C)cc1)=C\C(=O)NO. The maximum absolute atomic E-state index is 15.0. The molecule has 0 fully saturated rings. The highest BCUT2D eigenvalue weighted by atomic mass is 28.4. The zero-order valence-electron chi connectivity index (χ0n) is 35.9. The average Bonchev–Trinajstić information content (AvgIpc) is 3.21. The van der Waals surface area contributed by atoms with Gasteiger partial charge in [0.05, 0.1) is 12.3 Å². The number of carbonyl (C=O) groups excluding carboxylic acids is 2. The van der Waals surface area contributed by atoms with Gasteiger partial charge in [-0.3, -0.25) is 15.3 Å². The summed E-state index contributed by atoms with van der Waals surface area (Å²) in [5.74, 6) is -59.9. The summed E-state index contributed by atoms with van der Waals surface area (Å²) in [6.07, 6.45) is -8.35. The summed E-state index contributed by atoms with van der Waals surface area (Å²) in [5.41, 5.74) is -0.173. The van der Waals surface area contributed by atoms with E-state index in [0.29, 0.717) is 17.2 Å². The van der Waals surface area contributed by atoms with E-state index in [0.717, 1.165) is 18.2 Å². The molecule has 0 radical (unpaired) electrons. The number of rotatable bonds is 24. The van der Waals surface area contributed by atoms with E-state index >= 15 is 0 Å². The Balaban J connectivity index is 2.29. The van der Waals surface area contributed by atoms with Gasteiger partial charge in [-0.25, -0.2) is 19.1 Å². The van der Waals surface area contributed by atoms with Crippen molar-refractivity contribution in [2.75, 3.05) is 18.5 Å². The standard InChI is InChI=1S/C40H43F19N2O6Si/c1-22(2)68(23(3)4,19-16-33(43,44)34(45,46)35(47,48)36(49,50)37(51,52)38(53,54)39(55,56)40(57,58)59)66-18-17-65-27-13-10-25(11-14-27)30(9-7-6-8-24(5)20-31(62)61-64)67-32(63)60-29-15-12-26(41)21-28(29)42/h6,8,10-15,20-23,30,64H,7,9,16-19H2,1-5H3,(H,60,63)(H,61,62)/b8-6+,24-20+/t30-/m0/s1. The molecule has 0 aromatic heterocycles. The molecule has 0 saturated heterocycles. The molecule has 68 heavy (non-hydrogen) atoms. The number of benzene rings is 2. The molecule has 1 atom stereocenters. The molecule has 0 unspecified atom stereocenters. The number of halogens is 19. The monoisotopic (exact) mass is 1040 g/mol. The van der Waals surface area contributed by atoms with Gasteiger partial charge >= 0.3 is 53.7 Å². The number of allylic oxidation sites excluding steroid dienone is 3. The molecule has 0 bridgehead atoms. The molecule has 0 aliphatic rings. The number of nitrogens with one attached hydrogen (secondary N) is 2. The van der Waals surface area contributed by atoms with Crippen molar-refractivity contribution in [3.8, 4) is 5.75 Å². The molecule has 2 aromatic carbocycles. The molecule has 28 heteroatoms. The number of alkyl halides is 17. The maximum atomic E-state index is 15.0. The van der Waals surface area contributed by atoms with E-state index in [4.69, 9.17) is 19.1 Å². The van der Waals surface area contributed by atoms with Crippen LogP contribution in [0.2, 0.25) is 17.1 Å². The number of hydrogen-bond donors (Lipinski definition) is 3. The molecule has 386 valence electrons. The largest absolute Gasteiger partial charge is 0.491 e. The van der Waals surface area contributed by atoms with Crippen LogP contribution >= 0.6 is 0 Å². The molecule has 0 spiro atoms. The van der Waals surface area contributed by atoms with Crippen molar-refractivity contribution in [1.82, 2.24) is 5.48 Å². The van der Waals surface area contributed by atoms with E-state index in [1.165, 1.54) is 70.4 Å². The van der Waals surface area contributed by atoms with E-state index in [9.17, 15) is 93.0 Å². The van der Waals surface area contributed by atoms with Gasteiger partial charge in [0.1, 0.15) is 30.1 Å². The van der Waals surface area contributed by atoms with Crippen molar-refractivity contribution in [2.45, 2.75) is 125 Å². The molecule has 2 rings (SSSR count). The summed E-state index contributed by atoms with van der Waals surface area (Å²) >= 11 is 0. The first-order valence-electron chi connectivity index (χ1n) is 19.6. The van der Waals surface area contributed by atoms with Gasteiger partial charge in [-0.2, -0.15) is 74.6 Å². The van der Waals surface area contributed by atoms with Crippen molar-refractivity contribution in [3.05, 3.63) is 83.5 Å². The van der Waals surface area contributed by atoms with Gasteiger partial charge in [0.15, 0.2) is 8.32 Å². The zero-order chi connectivity index (χ0) is 52.7. The first-order chi connectivity index (χ1) is 30.8. The van der Waals surface area contributed by atoms with Crippen molar-refractivity contribution in [2.24, 2.45) is 0 Å². The van der Waals surface area contributed by atoms with E-state index in [1.807, 2.05) is 0 Å². The molecule has 0 aliphatic heterocycles. The molecular formula is C40H43F19N2O6Si. The van der Waals surface area contributed by atoms with Gasteiger partial charge in [-0.15, -0.1) is 0 Å². The highest BCUT2D eigenvalue weighted by molar-refractivity contribution is 6.76. The number of ether oxygens (including phenoxy) is 2. The topological polar surface area (TPSA) is 106 Å². The summed E-state index contributed by atoms with van der Waals surface area (Å²) in [6.45, 7) is 5.60. The fraction of sp³-hybridized carbons (Fsp3) is 0.550. The number of carbonyl (C=O) groups is 2. The fourth-order valence-electron chi connectivity index (χ4n) is 6.48. The third kappa shape index (κ3) is 12.5. The average molecular weight is 1040 g/mol. The van der Waals surface area contributed by atoms with Crippen LogP contribution in [0.3, 0.4) is 0 Å². The Kier molecular flexibility index (Phi) is 19.1. The smallest absolute Gasteiger partial charge is 0.460 e. The Morgan fingerprint density at radius 3 is 1.72 bits per heavy atom. The van der Waals surface area contributed by atoms with E-state index < -0.39 is 128 Å². The Hall–Kier alpha value is -4.73. The minimum absolute atomic E-state index is 0.0443. The van der Waals surface area contributed by atoms with Crippen LogP contribution in [0.1, 0.15) is 65.5 Å². The van der Waals surface area contributed by atoms with Crippen molar-refractivity contribution in [1.29, 1.82) is 0 Å². The molecule has 2 aromatic rings. The Labute approximate surface area is 375 Å². The summed E-state index contributed by atoms with van der Waals surface area (Å²) in [5, 5.41) is 10.8. The van der Waals surface area contributed by atoms with Crippen molar-refractivity contribution >= 4 is 26.0 Å². The highest BCUT2D eigenvalue weighted by Gasteiger charge is 2.95. The van der Waals surface area contributed by atoms with Crippen molar-refractivity contribution < 1.29 is 112 Å². The minimum atomic E-state index is -8.72. The summed E-state index contributed by atoms with van der Waals surface area (Å²) < 4.78 is 280. The van der Waals surface area contributed by atoms with Crippen LogP contribution in [0, 0.1) is 11.6 Å². The summed E-state index contributed by atoms with van der Waals surface area (Å²) in [6, 6.07) is 6.32. The van der Waals surface area contributed by atoms with Gasteiger partial charge < -0.3 is 13.9 Å². The summed E-state index contributed by atoms with van der Waals surface area (Å²) in [7, 11) is -4.06. The van der Waals surface area contributed by atoms with Crippen LogP contribution in [-0.2, 0) is 14.0 Å². The van der Waals surface area contributed by atoms with Crippen LogP contribution in [0.15, 0.2) is 66.3 Å². The number of hydroxylamine groups is 1. The molecule has 0 aliphatic carbocycles. The van der Waals surface area contributed by atoms with Gasteiger partial charge in [-0.05, 0) is 72.3 Å². The molecule has 2 amide bonds. The second kappa shape index (κ2) is 21.9. The van der Waals surface area contributed by atoms with Crippen LogP contribution in [0.5, 0.6) is 5.75 Å². The molecular weight excluding hydrogens is 993 g/mol. The third-order valence-electron chi connectivity index (χ3n) is 10.4. The van der Waals surface area contributed by atoms with Crippen molar-refractivity contribution in [3.63, 3.8) is 0 Å². The lowest BCUT2D eigenvalue weighted by atomic mass is 9.88. The molecule has 3 N–H and O–H groups in total. The Morgan fingerprint density at radius 2 is 1.24 bits per heavy atom. The van der Waals surface area contributed by atoms with E-state index in [2.05, 4.69) is 5.32 Å². The van der Waals surface area contributed by atoms with Gasteiger partial charge in [0, 0.05) is 18.6 Å². The quantitative estimate of drug-likeness (QED) is 0.0184. The lowest BCUT2D eigenvalue weighted by molar-refractivity contribution is -0.461. The van der Waals surface area contributed by atoms with Crippen LogP contribution in [0.4, 0.5) is 93.9 Å². The predicted octanol–water partition coefficient (Wildman–Crippen LogP) is 13.6. The first kappa shape index (κ1) is 59.4. The third-order valence-corrected chi connectivity index (χ3v) is 16.1. The normalized spacial score (nSPS) is 14.7. The van der Waals surface area contributed by atoms with Gasteiger partial charge in [0.2, 0.25) is 0 Å². The van der Waals surface area contributed by atoms with E-state index in [-0.39, 0.29) is 18.6 Å². The Morgan fingerprint density at radius 1 is 0.721 bits per heavy atom. The van der Waals surface area contributed by atoms with Crippen LogP contribution in [-0.4, -0.2) is 86.4 Å². The minimum Gasteiger partial charge on any atom is -0.491 e. The first-order valence-corrected chi connectivity index (χ1v) is 21.9. The van der Waals surface area contributed by atoms with Gasteiger partial charge in [0.25, 0.3) is 5.91 Å². The predicted molar refractivity (Wildman–Crippen MR) is 205 cm³/mol. The molecule has 0 heterocycles. The molecule has 0 saturated carbocycles. The van der Waals surface area contributed by atoms with E-state index in [1.54, 1.807) is 6.08 Å². The lowest BCUT2D eigenvalue weighted by Gasteiger charge is -2.44. The number of hydrogen-bond acceptors (Lipinski definition) is 6. The van der Waals surface area contributed by atoms with Gasteiger partial charge in [-0.1, -0.05) is 52.0 Å². The zero-order valence-corrected chi connectivity index (χ0v) is 36.9. The number of anilines is 1. The second-order valence-electron chi connectivity index (χ2n) is 15.7. The lowest BCUT2D eigenvalue weighted by Crippen LogP contribution is -2.74. The maximum Gasteiger partial charge on any atom is 0.460 e. The fourth-order valence-corrected chi connectivity index (χ4v) is 10.9. The highest BCUT2D eigenvalue weighted by Crippen LogP contribution is 2.64. The Bertz CT molecular complexity index is 2070.